The third-order valence-electron chi connectivity index (χ3n) is 8.84. The van der Waals surface area contributed by atoms with Crippen LogP contribution >= 0.6 is 23.3 Å². The average Bonchev–Trinajstić information content (AvgIpc) is 3.97. The molecule has 3 fully saturated rings. The molecule has 2 aromatic heterocycles. The number of aromatic nitrogens is 3. The highest BCUT2D eigenvalue weighted by Crippen LogP contribution is 2.45. The Morgan fingerprint density at radius 2 is 2.00 bits per heavy atom. The molecule has 0 bridgehead atoms. The normalized spacial score (nSPS) is 23.8. The van der Waals surface area contributed by atoms with Gasteiger partial charge in [-0.25, -0.2) is 13.4 Å². The van der Waals surface area contributed by atoms with Crippen LogP contribution < -0.4 is 29.6 Å². The zero-order valence-corrected chi connectivity index (χ0v) is 29.4. The summed E-state index contributed by atoms with van der Waals surface area (Å²) >= 11 is 7.22. The Labute approximate surface area is 292 Å². The average molecular weight is 734 g/mol. The molecule has 18 heteroatoms. The molecule has 1 aromatic carbocycles. The van der Waals surface area contributed by atoms with Gasteiger partial charge in [0, 0.05) is 28.1 Å². The van der Waals surface area contributed by atoms with Gasteiger partial charge in [0.2, 0.25) is 33.5 Å². The van der Waals surface area contributed by atoms with Gasteiger partial charge in [0.25, 0.3) is 11.8 Å². The first-order chi connectivity index (χ1) is 23.4. The summed E-state index contributed by atoms with van der Waals surface area (Å²) in [5, 5.41) is 6.89. The van der Waals surface area contributed by atoms with Crippen LogP contribution in [0.15, 0.2) is 37.1 Å². The topological polar surface area (TPSA) is 191 Å². The first kappa shape index (κ1) is 34.6. The van der Waals surface area contributed by atoms with Crippen LogP contribution in [0.25, 0.3) is 10.8 Å². The minimum atomic E-state index is -3.88. The maximum Gasteiger partial charge on any atom is 0.270 e. The van der Waals surface area contributed by atoms with E-state index in [1.54, 1.807) is 32.0 Å². The van der Waals surface area contributed by atoms with Crippen LogP contribution in [-0.4, -0.2) is 94.0 Å². The van der Waals surface area contributed by atoms with Crippen molar-refractivity contribution in [2.75, 3.05) is 25.6 Å². The highest BCUT2D eigenvalue weighted by Gasteiger charge is 2.62. The maximum absolute atomic E-state index is 14.1. The van der Waals surface area contributed by atoms with E-state index in [2.05, 4.69) is 35.7 Å². The third kappa shape index (κ3) is 6.96. The summed E-state index contributed by atoms with van der Waals surface area (Å²) in [6.45, 7) is 7.51. The number of ether oxygens (including phenoxy) is 3. The van der Waals surface area contributed by atoms with E-state index in [1.165, 1.54) is 24.3 Å². The molecule has 0 spiro atoms. The molecule has 1 saturated heterocycles. The van der Waals surface area contributed by atoms with E-state index in [0.717, 1.165) is 11.7 Å². The Hall–Kier alpha value is -4.22. The monoisotopic (exact) mass is 733 g/mol. The Bertz CT molecular complexity index is 1910. The van der Waals surface area contributed by atoms with Crippen molar-refractivity contribution in [2.45, 2.75) is 68.5 Å². The number of carbonyl (C=O) groups excluding carboxylic acids is 3. The van der Waals surface area contributed by atoms with E-state index in [0.29, 0.717) is 41.0 Å². The highest BCUT2D eigenvalue weighted by molar-refractivity contribution is 7.91. The lowest BCUT2D eigenvalue weighted by Gasteiger charge is -2.28. The predicted octanol–water partition coefficient (Wildman–Crippen LogP) is 2.67. The van der Waals surface area contributed by atoms with Crippen molar-refractivity contribution < 1.29 is 37.0 Å². The molecule has 262 valence electrons. The van der Waals surface area contributed by atoms with Crippen molar-refractivity contribution in [3.05, 3.63) is 42.1 Å². The van der Waals surface area contributed by atoms with Crippen molar-refractivity contribution in [2.24, 2.45) is 5.92 Å². The number of hydrogen-bond donors (Lipinski definition) is 3. The van der Waals surface area contributed by atoms with Gasteiger partial charge in [0.1, 0.15) is 29.5 Å². The number of pyridine rings is 1. The molecule has 3 aromatic rings. The summed E-state index contributed by atoms with van der Waals surface area (Å²) in [5.41, 5.74) is -1.53. The zero-order chi connectivity index (χ0) is 35.1. The molecule has 3 amide bonds. The summed E-state index contributed by atoms with van der Waals surface area (Å²) in [6, 6.07) is 3.22. The number of sulfonamides is 1. The lowest BCUT2D eigenvalue weighted by molar-refractivity contribution is -0.140. The Balaban J connectivity index is 1.26. The lowest BCUT2D eigenvalue weighted by atomic mass is 10.1. The van der Waals surface area contributed by atoms with Crippen molar-refractivity contribution in [1.82, 2.24) is 28.7 Å². The quantitative estimate of drug-likeness (QED) is 0.206. The fourth-order valence-electron chi connectivity index (χ4n) is 5.99. The van der Waals surface area contributed by atoms with Gasteiger partial charge >= 0.3 is 0 Å². The third-order valence-corrected chi connectivity index (χ3v) is 11.4. The second-order valence-electron chi connectivity index (χ2n) is 12.2. The van der Waals surface area contributed by atoms with E-state index in [4.69, 9.17) is 25.8 Å². The standard InChI is InChI=1S/C31H36ClN7O8S2/c1-5-17-13-31(17,30(42)38-49(43,44)20-8-9-20)35-26(40)23-12-19(47-27-22-11-18(32)7-10-21(22)24(45-4)14-33-27)15-39(23)29(41)16(3)34-25-28(46-6-2)37-48-36-25/h5,7,10-11,14,16-17,19-20,23H,1,6,8-9,12-13,15H2,2-4H3,(H,34,36)(H,35,40)(H,38,42)/t16?,17-,19-,23?,31-/m1/s1. The molecule has 2 aliphatic carbocycles. The highest BCUT2D eigenvalue weighted by atomic mass is 35.5. The number of nitrogens with one attached hydrogen (secondary N) is 3. The molecule has 3 N–H and O–H groups in total. The van der Waals surface area contributed by atoms with Gasteiger partial charge in [0.15, 0.2) is 0 Å². The van der Waals surface area contributed by atoms with E-state index in [1.807, 2.05) is 0 Å². The molecule has 1 aliphatic heterocycles. The van der Waals surface area contributed by atoms with Gasteiger partial charge in [-0.3, -0.25) is 19.1 Å². The molecule has 2 unspecified atom stereocenters. The fraction of sp³-hybridized carbons (Fsp3) is 0.484. The number of benzene rings is 1. The van der Waals surface area contributed by atoms with Crippen LogP contribution in [0.4, 0.5) is 5.82 Å². The predicted molar refractivity (Wildman–Crippen MR) is 181 cm³/mol. The number of fused-ring (bicyclic) bond motifs is 1. The molecule has 3 heterocycles. The van der Waals surface area contributed by atoms with Gasteiger partial charge in [-0.2, -0.15) is 4.37 Å². The number of hydrogen-bond acceptors (Lipinski definition) is 13. The van der Waals surface area contributed by atoms with Crippen LogP contribution in [0.3, 0.4) is 0 Å². The van der Waals surface area contributed by atoms with E-state index >= 15 is 0 Å². The molecule has 49 heavy (non-hydrogen) atoms. The number of carbonyl (C=O) groups is 3. The summed E-state index contributed by atoms with van der Waals surface area (Å²) in [5.74, 6) is -1.16. The zero-order valence-electron chi connectivity index (χ0n) is 27.0. The van der Waals surface area contributed by atoms with Gasteiger partial charge in [-0.1, -0.05) is 17.7 Å². The van der Waals surface area contributed by atoms with Crippen LogP contribution in [0.5, 0.6) is 17.5 Å². The number of likely N-dealkylation sites (tertiary alicyclic amines) is 1. The Kier molecular flexibility index (Phi) is 9.61. The van der Waals surface area contributed by atoms with Crippen molar-refractivity contribution in [1.29, 1.82) is 0 Å². The van der Waals surface area contributed by atoms with Crippen LogP contribution in [0, 0.1) is 5.92 Å². The number of nitrogens with zero attached hydrogens (tertiary/aromatic N) is 4. The first-order valence-electron chi connectivity index (χ1n) is 15.7. The Morgan fingerprint density at radius 1 is 1.22 bits per heavy atom. The van der Waals surface area contributed by atoms with Crippen LogP contribution in [-0.2, 0) is 24.4 Å². The van der Waals surface area contributed by atoms with E-state index in [9.17, 15) is 22.8 Å². The minimum Gasteiger partial charge on any atom is -0.494 e. The summed E-state index contributed by atoms with van der Waals surface area (Å²) < 4.78 is 52.9. The Morgan fingerprint density at radius 3 is 2.67 bits per heavy atom. The van der Waals surface area contributed by atoms with Crippen LogP contribution in [0.1, 0.15) is 39.5 Å². The summed E-state index contributed by atoms with van der Waals surface area (Å²) in [7, 11) is -2.35. The number of amides is 3. The first-order valence-corrected chi connectivity index (χ1v) is 18.4. The smallest absolute Gasteiger partial charge is 0.270 e. The van der Waals surface area contributed by atoms with Gasteiger partial charge < -0.3 is 29.7 Å². The van der Waals surface area contributed by atoms with E-state index in [-0.39, 0.29) is 37.0 Å². The van der Waals surface area contributed by atoms with Crippen LogP contribution in [0.2, 0.25) is 5.02 Å². The van der Waals surface area contributed by atoms with Gasteiger partial charge in [-0.15, -0.1) is 11.0 Å². The molecule has 6 rings (SSSR count). The number of halogens is 1. The van der Waals surface area contributed by atoms with Crippen molar-refractivity contribution in [3.63, 3.8) is 0 Å². The summed E-state index contributed by atoms with van der Waals surface area (Å²) in [4.78, 5) is 47.3. The van der Waals surface area contributed by atoms with Crippen molar-refractivity contribution >= 4 is 67.7 Å². The lowest BCUT2D eigenvalue weighted by Crippen LogP contribution is -2.57. The molecule has 3 aliphatic rings. The second kappa shape index (κ2) is 13.6. The number of anilines is 1. The number of rotatable bonds is 14. The van der Waals surface area contributed by atoms with Crippen molar-refractivity contribution in [3.8, 4) is 17.5 Å². The molecule has 2 saturated carbocycles. The summed E-state index contributed by atoms with van der Waals surface area (Å²) in [6.07, 6.45) is 3.44. The minimum absolute atomic E-state index is 0.00746. The fourth-order valence-corrected chi connectivity index (χ4v) is 7.99. The largest absolute Gasteiger partial charge is 0.494 e. The van der Waals surface area contributed by atoms with Gasteiger partial charge in [-0.05, 0) is 51.3 Å². The molecule has 5 atom stereocenters. The molecular formula is C31H36ClN7O8S2. The maximum atomic E-state index is 14.1. The SMILES string of the molecule is C=C[C@@H]1C[C@]1(NC(=O)C1C[C@@H](Oc2ncc(OC)c3ccc(Cl)cc23)CN1C(=O)C(C)Nc1nsnc1OCC)C(=O)NS(=O)(=O)C1CC1. The van der Waals surface area contributed by atoms with Gasteiger partial charge in [0.05, 0.1) is 43.4 Å². The number of methoxy groups -OCH3 is 1. The molecule has 0 radical (unpaired) electrons. The second-order valence-corrected chi connectivity index (χ2v) is 15.1. The van der Waals surface area contributed by atoms with E-state index < -0.39 is 62.6 Å². The molecular weight excluding hydrogens is 698 g/mol. The molecule has 15 nitrogen and oxygen atoms in total.